The van der Waals surface area contributed by atoms with Crippen LogP contribution in [0.4, 0.5) is 0 Å². The first kappa shape index (κ1) is 20.9. The van der Waals surface area contributed by atoms with Crippen LogP contribution in [0.15, 0.2) is 103 Å². The molecule has 0 unspecified atom stereocenters. The highest BCUT2D eigenvalue weighted by Gasteiger charge is 2.03. The highest BCUT2D eigenvalue weighted by Crippen LogP contribution is 2.17. The molecule has 0 saturated carbocycles. The van der Waals surface area contributed by atoms with Crippen molar-refractivity contribution in [3.63, 3.8) is 0 Å². The molecule has 3 aromatic carbocycles. The topological polar surface area (TPSA) is 68.1 Å². The first-order valence-corrected chi connectivity index (χ1v) is 9.01. The maximum absolute atomic E-state index is 8.09. The van der Waals surface area contributed by atoms with Crippen LogP contribution in [0.3, 0.4) is 0 Å². The van der Waals surface area contributed by atoms with Gasteiger partial charge in [-0.3, -0.25) is 5.41 Å². The zero-order valence-electron chi connectivity index (χ0n) is 16.1. The number of hydrogen-bond acceptors (Lipinski definition) is 3. The second-order valence-electron chi connectivity index (χ2n) is 6.34. The Labute approximate surface area is 167 Å². The van der Waals surface area contributed by atoms with Crippen molar-refractivity contribution in [1.29, 1.82) is 5.41 Å². The molecule has 142 valence electrons. The molecule has 3 aromatic rings. The number of rotatable bonds is 6. The molecule has 0 aromatic heterocycles. The van der Waals surface area contributed by atoms with Gasteiger partial charge in [-0.1, -0.05) is 84.5 Å². The van der Waals surface area contributed by atoms with Crippen molar-refractivity contribution < 1.29 is 4.74 Å². The molecule has 3 nitrogen and oxygen atoms in total. The van der Waals surface area contributed by atoms with Gasteiger partial charge in [-0.2, -0.15) is 0 Å². The summed E-state index contributed by atoms with van der Waals surface area (Å²) in [6.45, 7) is 2.10. The van der Waals surface area contributed by atoms with E-state index in [9.17, 15) is 0 Å². The normalized spacial score (nSPS) is 11.1. The third-order valence-electron chi connectivity index (χ3n) is 4.16. The molecule has 0 saturated heterocycles. The molecule has 0 atom stereocenters. The summed E-state index contributed by atoms with van der Waals surface area (Å²) in [5, 5.41) is 8.09. The Morgan fingerprint density at radius 3 is 2.29 bits per heavy atom. The van der Waals surface area contributed by atoms with E-state index in [-0.39, 0.29) is 12.0 Å². The summed E-state index contributed by atoms with van der Waals surface area (Å²) in [4.78, 5) is 0. The van der Waals surface area contributed by atoms with E-state index in [1.807, 2.05) is 60.7 Å². The van der Waals surface area contributed by atoms with Gasteiger partial charge < -0.3 is 10.9 Å². The van der Waals surface area contributed by atoms with Gasteiger partial charge in [0.15, 0.2) is 0 Å². The lowest BCUT2D eigenvalue weighted by Crippen LogP contribution is -2.08. The van der Waals surface area contributed by atoms with Gasteiger partial charge >= 0.3 is 0 Å². The fourth-order valence-electron chi connectivity index (χ4n) is 2.64. The summed E-state index contributed by atoms with van der Waals surface area (Å²) in [6, 6.07) is 27.7. The summed E-state index contributed by atoms with van der Waals surface area (Å²) in [5.74, 6) is 0.813. The molecule has 0 bridgehead atoms. The highest BCUT2D eigenvalue weighted by molar-refractivity contribution is 5.93. The Balaban J connectivity index is 0.00000280. The van der Waals surface area contributed by atoms with Crippen LogP contribution in [0, 0.1) is 5.41 Å². The SMILES string of the molecule is CC(=C/Cc1ccccc1)/C=C/c1cccc(OC(=N)c2ccccc2)c1.N. The van der Waals surface area contributed by atoms with Crippen LogP contribution < -0.4 is 10.9 Å². The van der Waals surface area contributed by atoms with Crippen molar-refractivity contribution in [3.8, 4) is 5.75 Å². The van der Waals surface area contributed by atoms with Gasteiger partial charge in [0.1, 0.15) is 5.75 Å². The van der Waals surface area contributed by atoms with E-state index in [1.165, 1.54) is 11.1 Å². The van der Waals surface area contributed by atoms with Crippen molar-refractivity contribution in [2.45, 2.75) is 13.3 Å². The van der Waals surface area contributed by atoms with Gasteiger partial charge in [-0.25, -0.2) is 0 Å². The molecule has 0 spiro atoms. The lowest BCUT2D eigenvalue weighted by molar-refractivity contribution is 0.547. The molecule has 3 heteroatoms. The van der Waals surface area contributed by atoms with Gasteiger partial charge in [0.05, 0.1) is 0 Å². The Kier molecular flexibility index (Phi) is 7.94. The second kappa shape index (κ2) is 10.7. The Morgan fingerprint density at radius 2 is 1.57 bits per heavy atom. The summed E-state index contributed by atoms with van der Waals surface area (Å²) in [5.41, 5.74) is 4.32. The summed E-state index contributed by atoms with van der Waals surface area (Å²) in [6.07, 6.45) is 7.31. The first-order chi connectivity index (χ1) is 13.2. The minimum absolute atomic E-state index is 0. The molecule has 0 radical (unpaired) electrons. The fourth-order valence-corrected chi connectivity index (χ4v) is 2.64. The van der Waals surface area contributed by atoms with E-state index < -0.39 is 0 Å². The average Bonchev–Trinajstić information content (AvgIpc) is 2.72. The zero-order chi connectivity index (χ0) is 18.9. The van der Waals surface area contributed by atoms with E-state index in [4.69, 9.17) is 10.1 Å². The molecule has 3 rings (SSSR count). The third kappa shape index (κ3) is 6.38. The molecule has 4 N–H and O–H groups in total. The predicted molar refractivity (Wildman–Crippen MR) is 118 cm³/mol. The van der Waals surface area contributed by atoms with Gasteiger partial charge in [0.2, 0.25) is 5.90 Å². The number of nitrogens with one attached hydrogen (secondary N) is 1. The number of benzene rings is 3. The Morgan fingerprint density at radius 1 is 0.893 bits per heavy atom. The van der Waals surface area contributed by atoms with Crippen LogP contribution in [0.2, 0.25) is 0 Å². The molecule has 0 aliphatic heterocycles. The van der Waals surface area contributed by atoms with E-state index >= 15 is 0 Å². The zero-order valence-corrected chi connectivity index (χ0v) is 16.1. The molecule has 0 aliphatic rings. The van der Waals surface area contributed by atoms with Crippen LogP contribution in [-0.2, 0) is 6.42 Å². The van der Waals surface area contributed by atoms with Gasteiger partial charge in [-0.15, -0.1) is 0 Å². The van der Waals surface area contributed by atoms with Crippen LogP contribution in [0.5, 0.6) is 5.75 Å². The maximum Gasteiger partial charge on any atom is 0.219 e. The van der Waals surface area contributed by atoms with E-state index in [0.29, 0.717) is 5.75 Å². The summed E-state index contributed by atoms with van der Waals surface area (Å²) < 4.78 is 5.69. The predicted octanol–water partition coefficient (Wildman–Crippen LogP) is 6.46. The average molecular weight is 370 g/mol. The third-order valence-corrected chi connectivity index (χ3v) is 4.16. The molecule has 28 heavy (non-hydrogen) atoms. The van der Waals surface area contributed by atoms with Crippen LogP contribution in [0.25, 0.3) is 6.08 Å². The largest absolute Gasteiger partial charge is 0.439 e. The van der Waals surface area contributed by atoms with E-state index in [1.54, 1.807) is 0 Å². The van der Waals surface area contributed by atoms with Gasteiger partial charge in [0, 0.05) is 5.56 Å². The smallest absolute Gasteiger partial charge is 0.219 e. The van der Waals surface area contributed by atoms with Crippen molar-refractivity contribution in [1.82, 2.24) is 6.15 Å². The minimum atomic E-state index is 0. The summed E-state index contributed by atoms with van der Waals surface area (Å²) in [7, 11) is 0. The fraction of sp³-hybridized carbons (Fsp3) is 0.0800. The lowest BCUT2D eigenvalue weighted by Gasteiger charge is -2.07. The monoisotopic (exact) mass is 370 g/mol. The van der Waals surface area contributed by atoms with Gasteiger partial charge in [-0.05, 0) is 48.7 Å². The van der Waals surface area contributed by atoms with Gasteiger partial charge in [0.25, 0.3) is 0 Å². The second-order valence-corrected chi connectivity index (χ2v) is 6.34. The van der Waals surface area contributed by atoms with Crippen molar-refractivity contribution in [2.75, 3.05) is 0 Å². The quantitative estimate of drug-likeness (QED) is 0.297. The van der Waals surface area contributed by atoms with E-state index in [2.05, 4.69) is 49.4 Å². The minimum Gasteiger partial charge on any atom is -0.439 e. The number of ether oxygens (including phenoxy) is 1. The molecule has 0 heterocycles. The van der Waals surface area contributed by atoms with Crippen molar-refractivity contribution >= 4 is 12.0 Å². The van der Waals surface area contributed by atoms with E-state index in [0.717, 1.165) is 17.5 Å². The Bertz CT molecular complexity index is 945. The standard InChI is InChI=1S/C25H23NO.H3N/c1-20(15-17-21-9-4-2-5-10-21)16-18-22-11-8-14-24(19-22)27-25(26)23-12-6-3-7-13-23;/h2-16,18-19,26H,17H2,1H3;1H3/b18-16+,20-15-,26-25?;. The molecule has 0 aliphatic carbocycles. The van der Waals surface area contributed by atoms with Crippen LogP contribution >= 0.6 is 0 Å². The maximum atomic E-state index is 8.09. The highest BCUT2D eigenvalue weighted by atomic mass is 16.5. The lowest BCUT2D eigenvalue weighted by atomic mass is 10.1. The Hall–Kier alpha value is -3.43. The van der Waals surface area contributed by atoms with Crippen molar-refractivity contribution in [3.05, 3.63) is 119 Å². The number of allylic oxidation sites excluding steroid dienone is 3. The molecule has 0 amide bonds. The molecular formula is C25H26N2O. The van der Waals surface area contributed by atoms with Crippen LogP contribution in [-0.4, -0.2) is 5.90 Å². The van der Waals surface area contributed by atoms with Crippen molar-refractivity contribution in [2.24, 2.45) is 0 Å². The summed E-state index contributed by atoms with van der Waals surface area (Å²) >= 11 is 0. The molecular weight excluding hydrogens is 344 g/mol. The number of hydrogen-bond donors (Lipinski definition) is 2. The first-order valence-electron chi connectivity index (χ1n) is 9.01. The molecule has 0 fully saturated rings. The van der Waals surface area contributed by atoms with Crippen LogP contribution in [0.1, 0.15) is 23.6 Å².